The highest BCUT2D eigenvalue weighted by atomic mass is 32.2. The quantitative estimate of drug-likeness (QED) is 0.310. The summed E-state index contributed by atoms with van der Waals surface area (Å²) in [6.07, 6.45) is 0. The summed E-state index contributed by atoms with van der Waals surface area (Å²) in [4.78, 5) is 0.212. The van der Waals surface area contributed by atoms with Crippen molar-refractivity contribution in [2.75, 3.05) is 34.5 Å². The Balaban J connectivity index is 1.50. The fourth-order valence-electron chi connectivity index (χ4n) is 4.03. The number of hydrogen-bond acceptors (Lipinski definition) is 9. The highest BCUT2D eigenvalue weighted by Gasteiger charge is 2.21. The molecule has 0 spiro atoms. The van der Waals surface area contributed by atoms with Gasteiger partial charge in [0.05, 0.1) is 31.8 Å². The summed E-state index contributed by atoms with van der Waals surface area (Å²) in [6, 6.07) is 10.3. The van der Waals surface area contributed by atoms with Gasteiger partial charge >= 0.3 is 0 Å². The second-order valence-corrected chi connectivity index (χ2v) is 9.99. The zero-order valence-corrected chi connectivity index (χ0v) is 22.3. The van der Waals surface area contributed by atoms with E-state index in [-0.39, 0.29) is 23.9 Å². The number of aryl methyl sites for hydroxylation is 1. The Labute approximate surface area is 215 Å². The van der Waals surface area contributed by atoms with E-state index in [0.29, 0.717) is 39.8 Å². The van der Waals surface area contributed by atoms with E-state index in [9.17, 15) is 8.42 Å². The lowest BCUT2D eigenvalue weighted by Gasteiger charge is -2.16. The van der Waals surface area contributed by atoms with Crippen LogP contribution in [0.5, 0.6) is 23.1 Å². The van der Waals surface area contributed by atoms with Gasteiger partial charge in [-0.3, -0.25) is 0 Å². The molecule has 37 heavy (non-hydrogen) atoms. The van der Waals surface area contributed by atoms with Crippen LogP contribution in [0.4, 0.5) is 0 Å². The van der Waals surface area contributed by atoms with Crippen LogP contribution in [0.3, 0.4) is 0 Å². The molecule has 0 saturated carbocycles. The summed E-state index contributed by atoms with van der Waals surface area (Å²) in [5.74, 6) is 2.61. The fourth-order valence-corrected chi connectivity index (χ4v) is 5.43. The number of nitrogens with zero attached hydrogens (tertiary/aromatic N) is 4. The number of methoxy groups -OCH3 is 3. The molecule has 2 heterocycles. The highest BCUT2D eigenvalue weighted by Crippen LogP contribution is 2.33. The molecule has 4 aromatic rings. The number of sulfonamides is 1. The maximum absolute atomic E-state index is 13.0. The van der Waals surface area contributed by atoms with E-state index >= 15 is 0 Å². The molecule has 11 nitrogen and oxygen atoms in total. The molecule has 0 fully saturated rings. The van der Waals surface area contributed by atoms with Gasteiger partial charge in [-0.15, -0.1) is 15.3 Å². The van der Waals surface area contributed by atoms with Crippen LogP contribution in [0.15, 0.2) is 41.3 Å². The number of fused-ring (bicyclic) bond motifs is 1. The summed E-state index contributed by atoms with van der Waals surface area (Å²) >= 11 is 0. The average molecular weight is 528 g/mol. The van der Waals surface area contributed by atoms with Crippen molar-refractivity contribution in [3.05, 3.63) is 53.1 Å². The smallest absolute Gasteiger partial charge is 0.240 e. The average Bonchev–Trinajstić information content (AvgIpc) is 3.31. The zero-order valence-electron chi connectivity index (χ0n) is 21.5. The third-order valence-electron chi connectivity index (χ3n) is 6.00. The van der Waals surface area contributed by atoms with Gasteiger partial charge in [-0.2, -0.15) is 4.52 Å². The van der Waals surface area contributed by atoms with E-state index in [1.54, 1.807) is 64.7 Å². The van der Waals surface area contributed by atoms with Crippen LogP contribution in [-0.4, -0.2) is 62.7 Å². The van der Waals surface area contributed by atoms with Crippen molar-refractivity contribution in [2.24, 2.45) is 0 Å². The van der Waals surface area contributed by atoms with Gasteiger partial charge in [-0.05, 0) is 67.8 Å². The monoisotopic (exact) mass is 527 g/mol. The summed E-state index contributed by atoms with van der Waals surface area (Å²) < 4.78 is 51.9. The van der Waals surface area contributed by atoms with Crippen molar-refractivity contribution in [3.63, 3.8) is 0 Å². The van der Waals surface area contributed by atoms with Gasteiger partial charge in [0.2, 0.25) is 15.9 Å². The van der Waals surface area contributed by atoms with Gasteiger partial charge < -0.3 is 18.9 Å². The molecule has 0 unspecified atom stereocenters. The van der Waals surface area contributed by atoms with Crippen LogP contribution < -0.4 is 23.7 Å². The molecule has 2 aromatic heterocycles. The fraction of sp³-hybridized carbons (Fsp3) is 0.320. The number of hydrogen-bond donors (Lipinski definition) is 1. The van der Waals surface area contributed by atoms with Gasteiger partial charge in [0, 0.05) is 12.6 Å². The van der Waals surface area contributed by atoms with E-state index in [1.165, 1.54) is 4.52 Å². The number of ether oxygens (including phenoxy) is 4. The predicted molar refractivity (Wildman–Crippen MR) is 137 cm³/mol. The number of rotatable bonds is 10. The van der Waals surface area contributed by atoms with Crippen molar-refractivity contribution in [1.82, 2.24) is 24.5 Å². The molecule has 0 atom stereocenters. The van der Waals surface area contributed by atoms with Gasteiger partial charge in [-0.25, -0.2) is 13.1 Å². The summed E-state index contributed by atoms with van der Waals surface area (Å²) in [5.41, 5.74) is 3.32. The first-order valence-electron chi connectivity index (χ1n) is 11.4. The molecule has 4 rings (SSSR count). The van der Waals surface area contributed by atoms with Crippen LogP contribution in [0.2, 0.25) is 0 Å². The molecular formula is C25H29N5O6S. The molecule has 0 aliphatic rings. The van der Waals surface area contributed by atoms with Crippen LogP contribution in [0.1, 0.15) is 16.7 Å². The Morgan fingerprint density at radius 2 is 1.70 bits per heavy atom. The third-order valence-corrected chi connectivity index (χ3v) is 7.59. The molecule has 12 heteroatoms. The van der Waals surface area contributed by atoms with Crippen LogP contribution in [0.25, 0.3) is 17.0 Å². The van der Waals surface area contributed by atoms with E-state index in [0.717, 1.165) is 11.1 Å². The van der Waals surface area contributed by atoms with E-state index in [1.807, 2.05) is 13.8 Å². The molecule has 0 radical (unpaired) electrons. The van der Waals surface area contributed by atoms with E-state index in [2.05, 4.69) is 20.0 Å². The molecule has 1 N–H and O–H groups in total. The molecule has 0 aliphatic carbocycles. The predicted octanol–water partition coefficient (Wildman–Crippen LogP) is 3.10. The van der Waals surface area contributed by atoms with Crippen molar-refractivity contribution in [2.45, 2.75) is 25.7 Å². The lowest BCUT2D eigenvalue weighted by atomic mass is 10.1. The van der Waals surface area contributed by atoms with Gasteiger partial charge in [-0.1, -0.05) is 0 Å². The topological polar surface area (TPSA) is 126 Å². The van der Waals surface area contributed by atoms with E-state index in [4.69, 9.17) is 18.9 Å². The minimum absolute atomic E-state index is 0.0460. The van der Waals surface area contributed by atoms with Gasteiger partial charge in [0.15, 0.2) is 11.5 Å². The first-order valence-corrected chi connectivity index (χ1v) is 12.9. The van der Waals surface area contributed by atoms with Crippen molar-refractivity contribution in [3.8, 4) is 34.5 Å². The Kier molecular flexibility index (Phi) is 7.50. The molecule has 196 valence electrons. The van der Waals surface area contributed by atoms with E-state index < -0.39 is 10.0 Å². The Bertz CT molecular complexity index is 1550. The molecule has 0 aliphatic heterocycles. The number of aromatic nitrogens is 4. The van der Waals surface area contributed by atoms with Gasteiger partial charge in [0.25, 0.3) is 0 Å². The number of nitrogens with one attached hydrogen (secondary N) is 1. The molecule has 0 saturated heterocycles. The Morgan fingerprint density at radius 3 is 2.41 bits per heavy atom. The second kappa shape index (κ2) is 10.6. The third kappa shape index (κ3) is 5.16. The molecule has 2 aromatic carbocycles. The van der Waals surface area contributed by atoms with Crippen LogP contribution >= 0.6 is 0 Å². The zero-order chi connectivity index (χ0) is 26.7. The largest absolute Gasteiger partial charge is 0.497 e. The normalized spacial score (nSPS) is 11.5. The lowest BCUT2D eigenvalue weighted by molar-refractivity contribution is 0.306. The number of benzene rings is 2. The minimum atomic E-state index is -3.76. The first kappa shape index (κ1) is 26.2. The minimum Gasteiger partial charge on any atom is -0.497 e. The lowest BCUT2D eigenvalue weighted by Crippen LogP contribution is -2.29. The van der Waals surface area contributed by atoms with Crippen molar-refractivity contribution < 1.29 is 27.4 Å². The highest BCUT2D eigenvalue weighted by molar-refractivity contribution is 7.89. The second-order valence-electron chi connectivity index (χ2n) is 8.25. The van der Waals surface area contributed by atoms with Gasteiger partial charge in [0.1, 0.15) is 23.9 Å². The maximum Gasteiger partial charge on any atom is 0.240 e. The SMILES string of the molecule is COc1ccc(OC)c(-c2nnc3ccc(OCCNS(=O)(=O)c4cc(C)c(OC)c(C)c4C)nn23)c1. The maximum atomic E-state index is 13.0. The standard InChI is InChI=1S/C25H29N5O6S/c1-15-13-21(16(2)17(3)24(15)35-6)37(31,32)26-11-12-36-23-10-9-22-27-28-25(30(22)29-23)19-14-18(33-4)7-8-20(19)34-5/h7-10,13-14,26H,11-12H2,1-6H3. The molecule has 0 bridgehead atoms. The summed E-state index contributed by atoms with van der Waals surface area (Å²) in [6.45, 7) is 5.52. The Morgan fingerprint density at radius 1 is 0.919 bits per heavy atom. The Hall–Kier alpha value is -3.90. The molecule has 0 amide bonds. The first-order chi connectivity index (χ1) is 17.7. The van der Waals surface area contributed by atoms with Crippen LogP contribution in [-0.2, 0) is 10.0 Å². The molecular weight excluding hydrogens is 498 g/mol. The van der Waals surface area contributed by atoms with Crippen molar-refractivity contribution in [1.29, 1.82) is 0 Å². The van der Waals surface area contributed by atoms with Crippen LogP contribution in [0, 0.1) is 20.8 Å². The van der Waals surface area contributed by atoms with Crippen molar-refractivity contribution >= 4 is 15.7 Å². The summed E-state index contributed by atoms with van der Waals surface area (Å²) in [7, 11) is 0.951. The summed E-state index contributed by atoms with van der Waals surface area (Å²) in [5, 5.41) is 12.9.